The number of halogens is 6. The second-order valence-corrected chi connectivity index (χ2v) is 4.94. The highest BCUT2D eigenvalue weighted by atomic mass is 19.4. The summed E-state index contributed by atoms with van der Waals surface area (Å²) in [6, 6.07) is 6.17. The molecule has 0 fully saturated rings. The second kappa shape index (κ2) is 7.70. The molecule has 0 heterocycles. The lowest BCUT2D eigenvalue weighted by atomic mass is 10.2. The van der Waals surface area contributed by atoms with Crippen molar-refractivity contribution in [2.45, 2.75) is 6.18 Å². The van der Waals surface area contributed by atoms with E-state index in [0.717, 1.165) is 18.3 Å². The van der Waals surface area contributed by atoms with E-state index in [2.05, 4.69) is 5.32 Å². The van der Waals surface area contributed by atoms with E-state index < -0.39 is 40.7 Å². The van der Waals surface area contributed by atoms with E-state index in [1.807, 2.05) is 0 Å². The SMILES string of the molecule is N#CC(C#N)=CNc1ccc(Oc2c(F)cc(C(F)(F)F)cc2F)c(F)c1. The molecule has 0 unspecified atom stereocenters. The Morgan fingerprint density at radius 1 is 0.963 bits per heavy atom. The third-order valence-corrected chi connectivity index (χ3v) is 3.09. The maximum atomic E-state index is 14.0. The topological polar surface area (TPSA) is 68.8 Å². The Morgan fingerprint density at radius 3 is 2.04 bits per heavy atom. The van der Waals surface area contributed by atoms with Gasteiger partial charge >= 0.3 is 6.18 Å². The van der Waals surface area contributed by atoms with Crippen molar-refractivity contribution in [3.63, 3.8) is 0 Å². The van der Waals surface area contributed by atoms with E-state index in [0.29, 0.717) is 0 Å². The van der Waals surface area contributed by atoms with E-state index in [-0.39, 0.29) is 23.4 Å². The first-order chi connectivity index (χ1) is 12.7. The summed E-state index contributed by atoms with van der Waals surface area (Å²) in [6.07, 6.45) is -3.96. The lowest BCUT2D eigenvalue weighted by molar-refractivity contribution is -0.138. The van der Waals surface area contributed by atoms with Crippen molar-refractivity contribution in [2.24, 2.45) is 0 Å². The average molecular weight is 383 g/mol. The van der Waals surface area contributed by atoms with Crippen molar-refractivity contribution < 1.29 is 31.1 Å². The van der Waals surface area contributed by atoms with E-state index in [4.69, 9.17) is 15.3 Å². The van der Waals surface area contributed by atoms with Crippen LogP contribution in [0.25, 0.3) is 0 Å². The number of nitriles is 2. The van der Waals surface area contributed by atoms with Gasteiger partial charge in [-0.2, -0.15) is 23.7 Å². The van der Waals surface area contributed by atoms with Crippen LogP contribution in [0.15, 0.2) is 42.1 Å². The number of nitrogens with one attached hydrogen (secondary N) is 1. The van der Waals surface area contributed by atoms with Crippen LogP contribution in [0.5, 0.6) is 11.5 Å². The Kier molecular flexibility index (Phi) is 5.61. The van der Waals surface area contributed by atoms with Crippen molar-refractivity contribution in [2.75, 3.05) is 5.32 Å². The van der Waals surface area contributed by atoms with E-state index >= 15 is 0 Å². The summed E-state index contributed by atoms with van der Waals surface area (Å²) in [6.45, 7) is 0. The molecule has 0 saturated heterocycles. The summed E-state index contributed by atoms with van der Waals surface area (Å²) in [4.78, 5) is 0. The van der Waals surface area contributed by atoms with Crippen LogP contribution in [0.3, 0.4) is 0 Å². The molecule has 10 heteroatoms. The third kappa shape index (κ3) is 4.70. The number of rotatable bonds is 4. The lowest BCUT2D eigenvalue weighted by Gasteiger charge is -2.12. The molecule has 0 radical (unpaired) electrons. The molecule has 0 amide bonds. The highest BCUT2D eigenvalue weighted by Gasteiger charge is 2.33. The minimum atomic E-state index is -4.96. The van der Waals surface area contributed by atoms with Crippen molar-refractivity contribution in [3.05, 3.63) is 65.1 Å². The molecule has 0 atom stereocenters. The van der Waals surface area contributed by atoms with Crippen LogP contribution in [0, 0.1) is 40.1 Å². The van der Waals surface area contributed by atoms with Crippen LogP contribution in [0.2, 0.25) is 0 Å². The molecular weight excluding hydrogens is 376 g/mol. The van der Waals surface area contributed by atoms with Gasteiger partial charge in [-0.25, -0.2) is 13.2 Å². The summed E-state index contributed by atoms with van der Waals surface area (Å²) in [5, 5.41) is 19.6. The summed E-state index contributed by atoms with van der Waals surface area (Å²) in [5.41, 5.74) is -1.76. The first-order valence-electron chi connectivity index (χ1n) is 6.96. The first kappa shape index (κ1) is 19.7. The number of hydrogen-bond donors (Lipinski definition) is 1. The van der Waals surface area contributed by atoms with Crippen molar-refractivity contribution in [3.8, 4) is 23.6 Å². The Balaban J connectivity index is 2.28. The predicted molar refractivity (Wildman–Crippen MR) is 80.8 cm³/mol. The zero-order valence-electron chi connectivity index (χ0n) is 13.0. The molecule has 2 aromatic rings. The van der Waals surface area contributed by atoms with Crippen LogP contribution >= 0.6 is 0 Å². The molecule has 0 bridgehead atoms. The lowest BCUT2D eigenvalue weighted by Crippen LogP contribution is -2.07. The Labute approximate surface area is 148 Å². The van der Waals surface area contributed by atoms with Gasteiger partial charge in [0.2, 0.25) is 0 Å². The van der Waals surface area contributed by atoms with Crippen LogP contribution in [-0.4, -0.2) is 0 Å². The fourth-order valence-electron chi connectivity index (χ4n) is 1.85. The third-order valence-electron chi connectivity index (χ3n) is 3.09. The first-order valence-corrected chi connectivity index (χ1v) is 6.96. The molecule has 0 spiro atoms. The van der Waals surface area contributed by atoms with Crippen LogP contribution in [0.4, 0.5) is 32.0 Å². The molecule has 0 aliphatic rings. The van der Waals surface area contributed by atoms with Gasteiger partial charge in [0.25, 0.3) is 0 Å². The summed E-state index contributed by atoms with van der Waals surface area (Å²) < 4.78 is 83.8. The van der Waals surface area contributed by atoms with E-state index in [1.165, 1.54) is 6.07 Å². The quantitative estimate of drug-likeness (QED) is 0.578. The number of anilines is 1. The minimum Gasteiger partial charge on any atom is -0.448 e. The van der Waals surface area contributed by atoms with Crippen molar-refractivity contribution in [1.82, 2.24) is 0 Å². The Morgan fingerprint density at radius 2 is 1.56 bits per heavy atom. The number of hydrogen-bond acceptors (Lipinski definition) is 4. The van der Waals surface area contributed by atoms with Gasteiger partial charge in [-0.05, 0) is 24.3 Å². The number of allylic oxidation sites excluding steroid dienone is 1. The van der Waals surface area contributed by atoms with Gasteiger partial charge in [0.15, 0.2) is 29.0 Å². The zero-order chi connectivity index (χ0) is 20.2. The summed E-state index contributed by atoms with van der Waals surface area (Å²) in [5.74, 6) is -6.25. The summed E-state index contributed by atoms with van der Waals surface area (Å²) >= 11 is 0. The minimum absolute atomic E-state index is 0.0301. The maximum Gasteiger partial charge on any atom is 0.416 e. The Hall–Kier alpha value is -3.66. The largest absolute Gasteiger partial charge is 0.448 e. The molecule has 138 valence electrons. The highest BCUT2D eigenvalue weighted by molar-refractivity contribution is 5.52. The van der Waals surface area contributed by atoms with E-state index in [1.54, 1.807) is 12.1 Å². The molecule has 4 nitrogen and oxygen atoms in total. The maximum absolute atomic E-state index is 14.0. The molecule has 2 rings (SSSR count). The smallest absolute Gasteiger partial charge is 0.416 e. The van der Waals surface area contributed by atoms with E-state index in [9.17, 15) is 26.3 Å². The molecule has 27 heavy (non-hydrogen) atoms. The normalized spacial score (nSPS) is 10.5. The highest BCUT2D eigenvalue weighted by Crippen LogP contribution is 2.36. The van der Waals surface area contributed by atoms with Gasteiger partial charge in [-0.1, -0.05) is 0 Å². The van der Waals surface area contributed by atoms with Gasteiger partial charge in [0.1, 0.15) is 17.7 Å². The summed E-state index contributed by atoms with van der Waals surface area (Å²) in [7, 11) is 0. The Bertz CT molecular complexity index is 947. The molecule has 0 aromatic heterocycles. The second-order valence-electron chi connectivity index (χ2n) is 4.94. The predicted octanol–water partition coefficient (Wildman–Crippen LogP) is 5.26. The molecule has 1 N–H and O–H groups in total. The standard InChI is InChI=1S/C17H7F6N3O/c18-12-5-11(26-8-9(6-24)7-25)1-2-15(12)27-16-13(19)3-10(4-14(16)20)17(21,22)23/h1-5,8,26H. The van der Waals surface area contributed by atoms with Gasteiger partial charge in [-0.15, -0.1) is 0 Å². The molecular formula is C17H7F6N3O. The van der Waals surface area contributed by atoms with Crippen LogP contribution in [-0.2, 0) is 6.18 Å². The number of benzene rings is 2. The average Bonchev–Trinajstić information content (AvgIpc) is 2.59. The molecule has 0 saturated carbocycles. The van der Waals surface area contributed by atoms with Gasteiger partial charge in [-0.3, -0.25) is 0 Å². The fourth-order valence-corrected chi connectivity index (χ4v) is 1.85. The zero-order valence-corrected chi connectivity index (χ0v) is 13.0. The number of ether oxygens (including phenoxy) is 1. The molecule has 0 aliphatic heterocycles. The van der Waals surface area contributed by atoms with Crippen molar-refractivity contribution in [1.29, 1.82) is 10.5 Å². The monoisotopic (exact) mass is 383 g/mol. The van der Waals surface area contributed by atoms with Gasteiger partial charge < -0.3 is 10.1 Å². The van der Waals surface area contributed by atoms with Crippen molar-refractivity contribution >= 4 is 5.69 Å². The fraction of sp³-hybridized carbons (Fsp3) is 0.0588. The van der Waals surface area contributed by atoms with Crippen LogP contribution < -0.4 is 10.1 Å². The van der Waals surface area contributed by atoms with Crippen LogP contribution in [0.1, 0.15) is 5.56 Å². The molecule has 2 aromatic carbocycles. The van der Waals surface area contributed by atoms with Gasteiger partial charge in [0.05, 0.1) is 5.56 Å². The van der Waals surface area contributed by atoms with Gasteiger partial charge in [0, 0.05) is 18.0 Å². The number of alkyl halides is 3. The molecule has 0 aliphatic carbocycles. The number of nitrogens with zero attached hydrogens (tertiary/aromatic N) is 2.